The number of hydrogen-bond acceptors (Lipinski definition) is 3. The number of piperidine rings is 1. The van der Waals surface area contributed by atoms with Gasteiger partial charge in [0.1, 0.15) is 5.82 Å². The molecule has 1 fully saturated rings. The minimum atomic E-state index is -3.58. The number of rotatable bonds is 5. The predicted octanol–water partition coefficient (Wildman–Crippen LogP) is 3.47. The third-order valence-corrected chi connectivity index (χ3v) is 7.61. The van der Waals surface area contributed by atoms with Crippen molar-refractivity contribution >= 4 is 15.9 Å². The molecule has 2 aromatic rings. The lowest BCUT2D eigenvalue weighted by Gasteiger charge is -2.31. The van der Waals surface area contributed by atoms with E-state index in [9.17, 15) is 17.6 Å². The molecule has 29 heavy (non-hydrogen) atoms. The molecular weight excluding hydrogens is 391 g/mol. The van der Waals surface area contributed by atoms with E-state index in [2.05, 4.69) is 5.32 Å². The van der Waals surface area contributed by atoms with Crippen LogP contribution in [0.1, 0.15) is 35.1 Å². The zero-order valence-corrected chi connectivity index (χ0v) is 17.9. The maximum atomic E-state index is 13.1. The smallest absolute Gasteiger partial charge is 0.243 e. The number of halogens is 1. The van der Waals surface area contributed by atoms with Gasteiger partial charge in [-0.15, -0.1) is 0 Å². The summed E-state index contributed by atoms with van der Waals surface area (Å²) >= 11 is 0. The van der Waals surface area contributed by atoms with Crippen LogP contribution in [0.5, 0.6) is 0 Å². The highest BCUT2D eigenvalue weighted by atomic mass is 32.2. The summed E-state index contributed by atoms with van der Waals surface area (Å²) in [5.74, 6) is -0.621. The molecule has 1 saturated heterocycles. The lowest BCUT2D eigenvalue weighted by molar-refractivity contribution is -0.126. The highest BCUT2D eigenvalue weighted by Gasteiger charge is 2.33. The van der Waals surface area contributed by atoms with E-state index >= 15 is 0 Å². The monoisotopic (exact) mass is 418 g/mol. The van der Waals surface area contributed by atoms with E-state index in [1.165, 1.54) is 16.4 Å². The topological polar surface area (TPSA) is 66.5 Å². The number of carbonyl (C=O) groups excluding carboxylic acids is 1. The van der Waals surface area contributed by atoms with E-state index in [0.29, 0.717) is 37.4 Å². The van der Waals surface area contributed by atoms with E-state index < -0.39 is 10.0 Å². The van der Waals surface area contributed by atoms with Crippen molar-refractivity contribution in [1.82, 2.24) is 9.62 Å². The summed E-state index contributed by atoms with van der Waals surface area (Å²) in [5.41, 5.74) is 3.36. The summed E-state index contributed by atoms with van der Waals surface area (Å²) in [4.78, 5) is 12.8. The Morgan fingerprint density at radius 1 is 1.07 bits per heavy atom. The van der Waals surface area contributed by atoms with Crippen LogP contribution >= 0.6 is 0 Å². The van der Waals surface area contributed by atoms with Gasteiger partial charge in [0.2, 0.25) is 15.9 Å². The fraction of sp³-hybridized carbons (Fsp3) is 0.409. The SMILES string of the molecule is Cc1cc(C)c(S(=O)(=O)N2CCC(C(=O)NCc3ccc(F)cc3)CC2)c(C)c1. The van der Waals surface area contributed by atoms with Crippen LogP contribution in [-0.2, 0) is 21.4 Å². The first-order valence-electron chi connectivity index (χ1n) is 9.78. The van der Waals surface area contributed by atoms with Gasteiger partial charge in [0, 0.05) is 25.6 Å². The molecule has 1 aliphatic heterocycles. The van der Waals surface area contributed by atoms with Gasteiger partial charge in [-0.2, -0.15) is 4.31 Å². The van der Waals surface area contributed by atoms with Gasteiger partial charge in [0.15, 0.2) is 0 Å². The van der Waals surface area contributed by atoms with Crippen LogP contribution in [0.2, 0.25) is 0 Å². The Kier molecular flexibility index (Phi) is 6.39. The lowest BCUT2D eigenvalue weighted by Crippen LogP contribution is -2.43. The zero-order chi connectivity index (χ0) is 21.2. The summed E-state index contributed by atoms with van der Waals surface area (Å²) in [7, 11) is -3.58. The predicted molar refractivity (Wildman–Crippen MR) is 110 cm³/mol. The molecule has 0 bridgehead atoms. The first-order chi connectivity index (χ1) is 13.7. The molecule has 0 aromatic heterocycles. The van der Waals surface area contributed by atoms with Crippen LogP contribution in [0.25, 0.3) is 0 Å². The van der Waals surface area contributed by atoms with Gasteiger partial charge in [-0.25, -0.2) is 12.8 Å². The number of nitrogens with zero attached hydrogens (tertiary/aromatic N) is 1. The average Bonchev–Trinajstić information content (AvgIpc) is 2.66. The molecule has 0 aliphatic carbocycles. The molecular formula is C22H27FN2O3S. The van der Waals surface area contributed by atoms with Crippen LogP contribution in [0.4, 0.5) is 4.39 Å². The Bertz CT molecular complexity index is 972. The van der Waals surface area contributed by atoms with Crippen LogP contribution in [0.3, 0.4) is 0 Å². The molecule has 1 amide bonds. The summed E-state index contributed by atoms with van der Waals surface area (Å²) in [6, 6.07) is 9.76. The molecule has 3 rings (SSSR count). The number of amides is 1. The van der Waals surface area contributed by atoms with E-state index in [1.54, 1.807) is 12.1 Å². The zero-order valence-electron chi connectivity index (χ0n) is 17.0. The Labute approximate surface area is 172 Å². The van der Waals surface area contributed by atoms with Crippen LogP contribution in [0, 0.1) is 32.5 Å². The molecule has 5 nitrogen and oxygen atoms in total. The van der Waals surface area contributed by atoms with E-state index in [0.717, 1.165) is 22.3 Å². The third kappa shape index (κ3) is 4.85. The molecule has 1 heterocycles. The fourth-order valence-electron chi connectivity index (χ4n) is 4.00. The highest BCUT2D eigenvalue weighted by molar-refractivity contribution is 7.89. The Balaban J connectivity index is 1.61. The Morgan fingerprint density at radius 3 is 2.17 bits per heavy atom. The second-order valence-electron chi connectivity index (χ2n) is 7.75. The average molecular weight is 419 g/mol. The van der Waals surface area contributed by atoms with Crippen LogP contribution in [-0.4, -0.2) is 31.7 Å². The molecule has 0 spiro atoms. The van der Waals surface area contributed by atoms with Gasteiger partial charge in [-0.3, -0.25) is 4.79 Å². The quantitative estimate of drug-likeness (QED) is 0.809. The van der Waals surface area contributed by atoms with Crippen molar-refractivity contribution in [3.63, 3.8) is 0 Å². The van der Waals surface area contributed by atoms with Crippen molar-refractivity contribution in [3.8, 4) is 0 Å². The van der Waals surface area contributed by atoms with Crippen molar-refractivity contribution in [3.05, 3.63) is 64.5 Å². The van der Waals surface area contributed by atoms with Crippen molar-refractivity contribution in [2.45, 2.75) is 45.1 Å². The van der Waals surface area contributed by atoms with E-state index in [4.69, 9.17) is 0 Å². The van der Waals surface area contributed by atoms with Crippen molar-refractivity contribution in [2.24, 2.45) is 5.92 Å². The molecule has 2 aromatic carbocycles. The Morgan fingerprint density at radius 2 is 1.62 bits per heavy atom. The van der Waals surface area contributed by atoms with Gasteiger partial charge < -0.3 is 5.32 Å². The number of nitrogens with one attached hydrogen (secondary N) is 1. The summed E-state index contributed by atoms with van der Waals surface area (Å²) in [6.07, 6.45) is 0.969. The van der Waals surface area contributed by atoms with Crippen LogP contribution in [0.15, 0.2) is 41.3 Å². The molecule has 1 aliphatic rings. The minimum absolute atomic E-state index is 0.0888. The highest BCUT2D eigenvalue weighted by Crippen LogP contribution is 2.28. The van der Waals surface area contributed by atoms with Crippen molar-refractivity contribution < 1.29 is 17.6 Å². The number of carbonyl (C=O) groups is 1. The molecule has 0 atom stereocenters. The van der Waals surface area contributed by atoms with Crippen LogP contribution < -0.4 is 5.32 Å². The van der Waals surface area contributed by atoms with Gasteiger partial charge in [0.25, 0.3) is 0 Å². The maximum Gasteiger partial charge on any atom is 0.243 e. The summed E-state index contributed by atoms with van der Waals surface area (Å²) in [5, 5.41) is 2.87. The molecule has 1 N–H and O–H groups in total. The van der Waals surface area contributed by atoms with Gasteiger partial charge >= 0.3 is 0 Å². The minimum Gasteiger partial charge on any atom is -0.352 e. The number of hydrogen-bond donors (Lipinski definition) is 1. The lowest BCUT2D eigenvalue weighted by atomic mass is 9.97. The molecule has 0 unspecified atom stereocenters. The maximum absolute atomic E-state index is 13.1. The first-order valence-corrected chi connectivity index (χ1v) is 11.2. The first kappa shape index (κ1) is 21.5. The molecule has 7 heteroatoms. The Hall–Kier alpha value is -2.25. The normalized spacial score (nSPS) is 16.0. The van der Waals surface area contributed by atoms with E-state index in [-0.39, 0.29) is 17.6 Å². The number of sulfonamides is 1. The van der Waals surface area contributed by atoms with Crippen molar-refractivity contribution in [2.75, 3.05) is 13.1 Å². The second-order valence-corrected chi connectivity index (χ2v) is 9.63. The van der Waals surface area contributed by atoms with Gasteiger partial charge in [-0.1, -0.05) is 29.8 Å². The second kappa shape index (κ2) is 8.63. The van der Waals surface area contributed by atoms with Gasteiger partial charge in [-0.05, 0) is 62.4 Å². The summed E-state index contributed by atoms with van der Waals surface area (Å²) in [6.45, 7) is 6.57. The standard InChI is InChI=1S/C22H27FN2O3S/c1-15-12-16(2)21(17(3)13-15)29(27,28)25-10-8-19(9-11-25)22(26)24-14-18-4-6-20(23)7-5-18/h4-7,12-13,19H,8-11,14H2,1-3H3,(H,24,26). The number of benzene rings is 2. The molecule has 0 radical (unpaired) electrons. The largest absolute Gasteiger partial charge is 0.352 e. The molecule has 156 valence electrons. The molecule has 0 saturated carbocycles. The van der Waals surface area contributed by atoms with Crippen molar-refractivity contribution in [1.29, 1.82) is 0 Å². The third-order valence-electron chi connectivity index (χ3n) is 5.41. The fourth-order valence-corrected chi connectivity index (χ4v) is 5.88. The summed E-state index contributed by atoms with van der Waals surface area (Å²) < 4.78 is 40.7. The number of aryl methyl sites for hydroxylation is 3. The van der Waals surface area contributed by atoms with Gasteiger partial charge in [0.05, 0.1) is 4.90 Å². The van der Waals surface area contributed by atoms with E-state index in [1.807, 2.05) is 32.9 Å².